The summed E-state index contributed by atoms with van der Waals surface area (Å²) >= 11 is 5.73. The minimum absolute atomic E-state index is 0. The first-order valence-corrected chi connectivity index (χ1v) is 5.59. The van der Waals surface area contributed by atoms with Gasteiger partial charge in [0.05, 0.1) is 4.92 Å². The van der Waals surface area contributed by atoms with Gasteiger partial charge in [-0.1, -0.05) is 11.6 Å². The number of hydrogen-bond donors (Lipinski definition) is 2. The second kappa shape index (κ2) is 6.70. The molecular weight excluding hydrogens is 293 g/mol. The second-order valence-electron chi connectivity index (χ2n) is 4.59. The molecule has 0 aliphatic rings. The number of nitro benzene ring substituents is 1. The lowest BCUT2D eigenvalue weighted by atomic mass is 10.1. The van der Waals surface area contributed by atoms with Gasteiger partial charge < -0.3 is 11.1 Å². The minimum atomic E-state index is -0.626. The summed E-state index contributed by atoms with van der Waals surface area (Å²) in [6.45, 7) is 3.68. The van der Waals surface area contributed by atoms with Crippen LogP contribution in [-0.2, 0) is 0 Å². The van der Waals surface area contributed by atoms with Gasteiger partial charge in [-0.25, -0.2) is 0 Å². The molecule has 1 aromatic carbocycles. The smallest absolute Gasteiger partial charge is 0.282 e. The topological polar surface area (TPSA) is 98.3 Å². The molecule has 0 spiro atoms. The van der Waals surface area contributed by atoms with Crippen LogP contribution in [0.15, 0.2) is 18.2 Å². The summed E-state index contributed by atoms with van der Waals surface area (Å²) < 4.78 is 0. The van der Waals surface area contributed by atoms with Crippen molar-refractivity contribution >= 4 is 35.6 Å². The molecule has 0 saturated carbocycles. The van der Waals surface area contributed by atoms with Crippen LogP contribution in [0.3, 0.4) is 0 Å². The standard InChI is InChI=1S/C11H14ClN3O3.ClH/c1-11(2,13)6-14-10(16)8-5-7(12)3-4-9(8)15(17)18;/h3-5H,6,13H2,1-2H3,(H,14,16);1H. The monoisotopic (exact) mass is 307 g/mol. The number of benzene rings is 1. The maximum absolute atomic E-state index is 11.8. The quantitative estimate of drug-likeness (QED) is 0.657. The Balaban J connectivity index is 0.00000324. The molecular formula is C11H15Cl2N3O3. The van der Waals surface area contributed by atoms with E-state index in [1.54, 1.807) is 13.8 Å². The summed E-state index contributed by atoms with van der Waals surface area (Å²) in [4.78, 5) is 22.0. The molecule has 0 fully saturated rings. The maximum atomic E-state index is 11.8. The highest BCUT2D eigenvalue weighted by molar-refractivity contribution is 6.31. The highest BCUT2D eigenvalue weighted by atomic mass is 35.5. The van der Waals surface area contributed by atoms with Gasteiger partial charge in [0.1, 0.15) is 5.56 Å². The molecule has 0 radical (unpaired) electrons. The number of hydrogen-bond acceptors (Lipinski definition) is 4. The largest absolute Gasteiger partial charge is 0.350 e. The molecule has 0 heterocycles. The first-order valence-electron chi connectivity index (χ1n) is 5.22. The molecule has 1 aromatic rings. The van der Waals surface area contributed by atoms with E-state index in [1.807, 2.05) is 0 Å². The third-order valence-electron chi connectivity index (χ3n) is 2.10. The van der Waals surface area contributed by atoms with Crippen LogP contribution >= 0.6 is 24.0 Å². The van der Waals surface area contributed by atoms with Crippen molar-refractivity contribution in [1.29, 1.82) is 0 Å². The van der Waals surface area contributed by atoms with Crippen molar-refractivity contribution in [2.45, 2.75) is 19.4 Å². The fourth-order valence-corrected chi connectivity index (χ4v) is 1.42. The van der Waals surface area contributed by atoms with Gasteiger partial charge in [0.15, 0.2) is 0 Å². The molecule has 1 rings (SSSR count). The number of amides is 1. The van der Waals surface area contributed by atoms with Crippen LogP contribution in [0.25, 0.3) is 0 Å². The fraction of sp³-hybridized carbons (Fsp3) is 0.364. The van der Waals surface area contributed by atoms with E-state index in [9.17, 15) is 14.9 Å². The lowest BCUT2D eigenvalue weighted by molar-refractivity contribution is -0.385. The van der Waals surface area contributed by atoms with Crippen molar-refractivity contribution in [3.05, 3.63) is 38.9 Å². The Morgan fingerprint density at radius 3 is 2.58 bits per heavy atom. The molecule has 19 heavy (non-hydrogen) atoms. The zero-order valence-electron chi connectivity index (χ0n) is 10.5. The minimum Gasteiger partial charge on any atom is -0.350 e. The van der Waals surface area contributed by atoms with Gasteiger partial charge in [0, 0.05) is 23.2 Å². The van der Waals surface area contributed by atoms with E-state index >= 15 is 0 Å². The van der Waals surface area contributed by atoms with Gasteiger partial charge in [0.2, 0.25) is 0 Å². The van der Waals surface area contributed by atoms with Crippen LogP contribution < -0.4 is 11.1 Å². The first kappa shape index (κ1) is 17.6. The van der Waals surface area contributed by atoms with E-state index in [4.69, 9.17) is 17.3 Å². The predicted molar refractivity (Wildman–Crippen MR) is 76.0 cm³/mol. The molecule has 0 unspecified atom stereocenters. The van der Waals surface area contributed by atoms with E-state index in [-0.39, 0.29) is 35.2 Å². The van der Waals surface area contributed by atoms with Gasteiger partial charge >= 0.3 is 0 Å². The molecule has 8 heteroatoms. The average Bonchev–Trinajstić information content (AvgIpc) is 2.24. The summed E-state index contributed by atoms with van der Waals surface area (Å²) in [7, 11) is 0. The van der Waals surface area contributed by atoms with Gasteiger partial charge in [-0.2, -0.15) is 0 Å². The van der Waals surface area contributed by atoms with Crippen LogP contribution in [0.1, 0.15) is 24.2 Å². The Hall–Kier alpha value is -1.37. The molecule has 0 saturated heterocycles. The number of rotatable bonds is 4. The fourth-order valence-electron chi connectivity index (χ4n) is 1.25. The number of nitrogens with zero attached hydrogens (tertiary/aromatic N) is 1. The molecule has 3 N–H and O–H groups in total. The van der Waals surface area contributed by atoms with Crippen LogP contribution in [0, 0.1) is 10.1 Å². The molecule has 0 aliphatic carbocycles. The molecule has 0 atom stereocenters. The summed E-state index contributed by atoms with van der Waals surface area (Å²) in [5.41, 5.74) is 4.76. The number of nitro groups is 1. The van der Waals surface area contributed by atoms with Crippen LogP contribution in [-0.4, -0.2) is 22.9 Å². The van der Waals surface area contributed by atoms with Gasteiger partial charge in [-0.3, -0.25) is 14.9 Å². The van der Waals surface area contributed by atoms with Crippen molar-refractivity contribution in [1.82, 2.24) is 5.32 Å². The zero-order chi connectivity index (χ0) is 13.9. The molecule has 0 bridgehead atoms. The normalized spacial score (nSPS) is 10.5. The van der Waals surface area contributed by atoms with Crippen LogP contribution in [0.5, 0.6) is 0 Å². The average molecular weight is 308 g/mol. The Kier molecular flexibility index (Phi) is 6.21. The van der Waals surface area contributed by atoms with E-state index in [0.717, 1.165) is 0 Å². The third-order valence-corrected chi connectivity index (χ3v) is 2.34. The highest BCUT2D eigenvalue weighted by Gasteiger charge is 2.21. The summed E-state index contributed by atoms with van der Waals surface area (Å²) in [6, 6.07) is 3.83. The number of nitrogens with two attached hydrogens (primary N) is 1. The van der Waals surface area contributed by atoms with Gasteiger partial charge in [-0.15, -0.1) is 12.4 Å². The van der Waals surface area contributed by atoms with Crippen molar-refractivity contribution in [3.63, 3.8) is 0 Å². The SMILES string of the molecule is CC(C)(N)CNC(=O)c1cc(Cl)ccc1[N+](=O)[O-].Cl. The Labute approximate surface area is 121 Å². The molecule has 6 nitrogen and oxygen atoms in total. The lowest BCUT2D eigenvalue weighted by Gasteiger charge is -2.18. The summed E-state index contributed by atoms with van der Waals surface area (Å²) in [5, 5.41) is 13.6. The predicted octanol–water partition coefficient (Wildman–Crippen LogP) is 2.14. The number of carbonyl (C=O) groups is 1. The molecule has 0 aliphatic heterocycles. The van der Waals surface area contributed by atoms with Crippen LogP contribution in [0.2, 0.25) is 5.02 Å². The number of carbonyl (C=O) groups excluding carboxylic acids is 1. The summed E-state index contributed by atoms with van der Waals surface area (Å²) in [6.07, 6.45) is 0. The van der Waals surface area contributed by atoms with Gasteiger partial charge in [0.25, 0.3) is 11.6 Å². The van der Waals surface area contributed by atoms with Crippen molar-refractivity contribution in [2.75, 3.05) is 6.54 Å². The second-order valence-corrected chi connectivity index (χ2v) is 5.03. The van der Waals surface area contributed by atoms with Crippen molar-refractivity contribution < 1.29 is 9.72 Å². The van der Waals surface area contributed by atoms with Crippen molar-refractivity contribution in [3.8, 4) is 0 Å². The number of nitrogens with one attached hydrogen (secondary N) is 1. The molecule has 106 valence electrons. The first-order chi connectivity index (χ1) is 8.20. The summed E-state index contributed by atoms with van der Waals surface area (Å²) in [5.74, 6) is -0.567. The van der Waals surface area contributed by atoms with E-state index in [1.165, 1.54) is 18.2 Å². The highest BCUT2D eigenvalue weighted by Crippen LogP contribution is 2.22. The Morgan fingerprint density at radius 1 is 1.53 bits per heavy atom. The zero-order valence-corrected chi connectivity index (χ0v) is 12.0. The Morgan fingerprint density at radius 2 is 2.11 bits per heavy atom. The molecule has 1 amide bonds. The third kappa shape index (κ3) is 5.42. The Bertz CT molecular complexity index is 487. The number of halogens is 2. The van der Waals surface area contributed by atoms with Crippen LogP contribution in [0.4, 0.5) is 5.69 Å². The maximum Gasteiger partial charge on any atom is 0.282 e. The molecule has 0 aromatic heterocycles. The lowest BCUT2D eigenvalue weighted by Crippen LogP contribution is -2.45. The van der Waals surface area contributed by atoms with E-state index in [2.05, 4.69) is 5.32 Å². The van der Waals surface area contributed by atoms with Crippen molar-refractivity contribution in [2.24, 2.45) is 5.73 Å². The van der Waals surface area contributed by atoms with Gasteiger partial charge in [-0.05, 0) is 26.0 Å². The van der Waals surface area contributed by atoms with E-state index in [0.29, 0.717) is 0 Å². The van der Waals surface area contributed by atoms with E-state index < -0.39 is 16.4 Å².